The quantitative estimate of drug-likeness (QED) is 0.383. The summed E-state index contributed by atoms with van der Waals surface area (Å²) >= 11 is 0. The molecule has 0 saturated carbocycles. The number of nitrogens with zero attached hydrogens (tertiary/aromatic N) is 7. The van der Waals surface area contributed by atoms with Gasteiger partial charge in [0.25, 0.3) is 0 Å². The van der Waals surface area contributed by atoms with Crippen LogP contribution in [0, 0.1) is 13.8 Å². The molecule has 4 heterocycles. The maximum Gasteiger partial charge on any atom is 0.333 e. The maximum absolute atomic E-state index is 13.3. The molecule has 180 valence electrons. The fraction of sp³-hybridized carbons (Fsp3) is 0.250. The molecule has 10 nitrogen and oxygen atoms in total. The summed E-state index contributed by atoms with van der Waals surface area (Å²) in [6.07, 6.45) is 6.40. The Morgan fingerprint density at radius 2 is 1.71 bits per heavy atom. The van der Waals surface area contributed by atoms with Crippen LogP contribution in [0.5, 0.6) is 0 Å². The first-order valence-electron chi connectivity index (χ1n) is 10.9. The second-order valence-electron chi connectivity index (χ2n) is 8.73. The van der Waals surface area contributed by atoms with Crippen LogP contribution in [0.2, 0.25) is 0 Å². The van der Waals surface area contributed by atoms with Crippen LogP contribution in [0.15, 0.2) is 47.7 Å². The molecule has 35 heavy (non-hydrogen) atoms. The Bertz CT molecular complexity index is 1810. The zero-order valence-corrected chi connectivity index (χ0v) is 21.1. The fourth-order valence-corrected chi connectivity index (χ4v) is 4.93. The Hall–Kier alpha value is -3.99. The van der Waals surface area contributed by atoms with Gasteiger partial charge < -0.3 is 0 Å². The van der Waals surface area contributed by atoms with Crippen LogP contribution >= 0.6 is 0 Å². The van der Waals surface area contributed by atoms with Crippen LogP contribution in [0.3, 0.4) is 0 Å². The number of aromatic nitrogens is 6. The van der Waals surface area contributed by atoms with Crippen molar-refractivity contribution in [3.8, 4) is 16.8 Å². The standard InChI is InChI=1S/C24H25N7O3S/c1-14-20(30(5)35(6,33)34)10-17(11-25-14)16-7-8-19-18(9-16)23-21(12-26-19)29(4)24(32)31(23)22-13-28(3)27-15(22)2/h7-13H,1-6H3. The van der Waals surface area contributed by atoms with E-state index in [1.165, 1.54) is 11.4 Å². The molecule has 5 aromatic rings. The van der Waals surface area contributed by atoms with Crippen molar-refractivity contribution in [2.75, 3.05) is 17.6 Å². The molecule has 0 bridgehead atoms. The number of anilines is 1. The third-order valence-electron chi connectivity index (χ3n) is 6.34. The topological polar surface area (TPSA) is 108 Å². The van der Waals surface area contributed by atoms with Gasteiger partial charge >= 0.3 is 5.69 Å². The van der Waals surface area contributed by atoms with Gasteiger partial charge in [-0.15, -0.1) is 0 Å². The van der Waals surface area contributed by atoms with Crippen molar-refractivity contribution in [3.05, 3.63) is 64.7 Å². The van der Waals surface area contributed by atoms with Crippen LogP contribution in [-0.2, 0) is 24.1 Å². The van der Waals surface area contributed by atoms with Crippen molar-refractivity contribution in [1.82, 2.24) is 28.9 Å². The lowest BCUT2D eigenvalue weighted by molar-refractivity contribution is 0.600. The largest absolute Gasteiger partial charge is 0.333 e. The number of hydrogen-bond donors (Lipinski definition) is 0. The Kier molecular flexibility index (Phi) is 5.06. The lowest BCUT2D eigenvalue weighted by atomic mass is 10.0. The van der Waals surface area contributed by atoms with E-state index < -0.39 is 10.0 Å². The van der Waals surface area contributed by atoms with Crippen LogP contribution < -0.4 is 9.99 Å². The van der Waals surface area contributed by atoms with Crippen LogP contribution in [0.1, 0.15) is 11.4 Å². The number of pyridine rings is 2. The van der Waals surface area contributed by atoms with E-state index >= 15 is 0 Å². The third kappa shape index (κ3) is 3.59. The van der Waals surface area contributed by atoms with Gasteiger partial charge in [0.2, 0.25) is 10.0 Å². The Morgan fingerprint density at radius 3 is 2.37 bits per heavy atom. The normalized spacial score (nSPS) is 12.1. The Balaban J connectivity index is 1.80. The SMILES string of the molecule is Cc1ncc(-c2ccc3ncc4c(c3c2)n(-c2cn(C)nc2C)c(=O)n4C)cc1N(C)S(C)(=O)=O. The van der Waals surface area contributed by atoms with Gasteiger partial charge in [-0.25, -0.2) is 13.2 Å². The molecule has 0 amide bonds. The highest BCUT2D eigenvalue weighted by molar-refractivity contribution is 7.92. The summed E-state index contributed by atoms with van der Waals surface area (Å²) in [5.74, 6) is 0. The highest BCUT2D eigenvalue weighted by Gasteiger charge is 2.20. The minimum atomic E-state index is -3.45. The number of benzene rings is 1. The summed E-state index contributed by atoms with van der Waals surface area (Å²) in [5.41, 5.74) is 6.10. The van der Waals surface area contributed by atoms with Gasteiger partial charge in [0.1, 0.15) is 0 Å². The van der Waals surface area contributed by atoms with Crippen LogP contribution in [0.4, 0.5) is 5.69 Å². The summed E-state index contributed by atoms with van der Waals surface area (Å²) in [6.45, 7) is 3.64. The second kappa shape index (κ2) is 7.77. The smallest absolute Gasteiger partial charge is 0.293 e. The number of hydrogen-bond acceptors (Lipinski definition) is 6. The van der Waals surface area contributed by atoms with Crippen LogP contribution in [0.25, 0.3) is 38.8 Å². The number of fused-ring (bicyclic) bond motifs is 3. The summed E-state index contributed by atoms with van der Waals surface area (Å²) < 4.78 is 30.4. The molecule has 0 N–H and O–H groups in total. The first kappa shape index (κ1) is 22.8. The van der Waals surface area contributed by atoms with Gasteiger partial charge in [0.05, 0.1) is 51.8 Å². The van der Waals surface area contributed by atoms with Crippen molar-refractivity contribution in [2.45, 2.75) is 13.8 Å². The molecule has 1 aromatic carbocycles. The van der Waals surface area contributed by atoms with Gasteiger partial charge in [0, 0.05) is 44.5 Å². The van der Waals surface area contributed by atoms with Crippen molar-refractivity contribution in [1.29, 1.82) is 0 Å². The van der Waals surface area contributed by atoms with Crippen molar-refractivity contribution >= 4 is 37.6 Å². The predicted molar refractivity (Wildman–Crippen MR) is 137 cm³/mol. The maximum atomic E-state index is 13.3. The van der Waals surface area contributed by atoms with Gasteiger partial charge in [-0.2, -0.15) is 5.10 Å². The highest BCUT2D eigenvalue weighted by atomic mass is 32.2. The summed E-state index contributed by atoms with van der Waals surface area (Å²) in [7, 11) is 1.61. The molecule has 0 radical (unpaired) electrons. The van der Waals surface area contributed by atoms with Crippen LogP contribution in [-0.4, -0.2) is 50.6 Å². The molecule has 0 unspecified atom stereocenters. The second-order valence-corrected chi connectivity index (χ2v) is 10.7. The lowest BCUT2D eigenvalue weighted by Gasteiger charge is -2.19. The number of sulfonamides is 1. The molecular weight excluding hydrogens is 466 g/mol. The first-order chi connectivity index (χ1) is 16.5. The average molecular weight is 492 g/mol. The van der Waals surface area contributed by atoms with E-state index in [2.05, 4.69) is 15.1 Å². The molecule has 0 aliphatic rings. The molecular formula is C24H25N7O3S. The van der Waals surface area contributed by atoms with E-state index in [-0.39, 0.29) is 5.69 Å². The predicted octanol–water partition coefficient (Wildman–Crippen LogP) is 2.69. The molecule has 0 spiro atoms. The van der Waals surface area contributed by atoms with Gasteiger partial charge in [-0.1, -0.05) is 6.07 Å². The summed E-state index contributed by atoms with van der Waals surface area (Å²) in [6, 6.07) is 7.57. The molecule has 0 atom stereocenters. The molecule has 11 heteroatoms. The molecule has 0 saturated heterocycles. The number of rotatable bonds is 4. The van der Waals surface area contributed by atoms with E-state index in [4.69, 9.17) is 0 Å². The monoisotopic (exact) mass is 491 g/mol. The molecule has 5 rings (SSSR count). The van der Waals surface area contributed by atoms with E-state index in [9.17, 15) is 13.2 Å². The van der Waals surface area contributed by atoms with Gasteiger partial charge in [-0.05, 0) is 37.6 Å². The molecule has 0 aliphatic carbocycles. The van der Waals surface area contributed by atoms with E-state index in [0.29, 0.717) is 22.6 Å². The van der Waals surface area contributed by atoms with E-state index in [1.807, 2.05) is 38.4 Å². The average Bonchev–Trinajstić information content (AvgIpc) is 3.27. The van der Waals surface area contributed by atoms with Crippen molar-refractivity contribution < 1.29 is 8.42 Å². The molecule has 0 fully saturated rings. The molecule has 4 aromatic heterocycles. The van der Waals surface area contributed by atoms with E-state index in [1.54, 1.807) is 46.2 Å². The zero-order valence-electron chi connectivity index (χ0n) is 20.3. The zero-order chi connectivity index (χ0) is 25.2. The van der Waals surface area contributed by atoms with E-state index in [0.717, 1.165) is 39.5 Å². The Labute approximate surface area is 202 Å². The highest BCUT2D eigenvalue weighted by Crippen LogP contribution is 2.32. The third-order valence-corrected chi connectivity index (χ3v) is 7.53. The lowest BCUT2D eigenvalue weighted by Crippen LogP contribution is -2.25. The van der Waals surface area contributed by atoms with Gasteiger partial charge in [-0.3, -0.25) is 28.1 Å². The first-order valence-corrected chi connectivity index (χ1v) is 12.7. The fourth-order valence-electron chi connectivity index (χ4n) is 4.38. The molecule has 0 aliphatic heterocycles. The van der Waals surface area contributed by atoms with Crippen molar-refractivity contribution in [3.63, 3.8) is 0 Å². The van der Waals surface area contributed by atoms with Crippen molar-refractivity contribution in [2.24, 2.45) is 14.1 Å². The Morgan fingerprint density at radius 1 is 0.971 bits per heavy atom. The minimum absolute atomic E-state index is 0.190. The number of imidazole rings is 1. The summed E-state index contributed by atoms with van der Waals surface area (Å²) in [5, 5.41) is 5.21. The summed E-state index contributed by atoms with van der Waals surface area (Å²) in [4.78, 5) is 22.3. The number of aryl methyl sites for hydroxylation is 4. The minimum Gasteiger partial charge on any atom is -0.293 e. The van der Waals surface area contributed by atoms with Gasteiger partial charge in [0.15, 0.2) is 0 Å².